The second-order valence-electron chi connectivity index (χ2n) is 7.79. The van der Waals surface area contributed by atoms with Crippen LogP contribution in [0.1, 0.15) is 5.56 Å². The van der Waals surface area contributed by atoms with Gasteiger partial charge >= 0.3 is 6.18 Å². The van der Waals surface area contributed by atoms with E-state index in [2.05, 4.69) is 15.3 Å². The molecule has 0 fully saturated rings. The molecule has 1 amide bonds. The molecule has 0 saturated heterocycles. The number of hydrogen-bond acceptors (Lipinski definition) is 4. The van der Waals surface area contributed by atoms with Crippen LogP contribution < -0.4 is 10.9 Å². The third-order valence-electron chi connectivity index (χ3n) is 5.41. The van der Waals surface area contributed by atoms with Crippen LogP contribution in [0.25, 0.3) is 27.6 Å². The number of carbonyl (C=O) groups is 1. The summed E-state index contributed by atoms with van der Waals surface area (Å²) in [6, 6.07) is 18.9. The number of hydrogen-bond donors (Lipinski definition) is 2. The number of rotatable bonds is 5. The van der Waals surface area contributed by atoms with E-state index in [9.17, 15) is 22.8 Å². The zero-order chi connectivity index (χ0) is 25.4. The fourth-order valence-corrected chi connectivity index (χ4v) is 4.73. The number of nitrogens with one attached hydrogen (secondary N) is 2. The van der Waals surface area contributed by atoms with Crippen molar-refractivity contribution < 1.29 is 18.0 Å². The molecule has 2 N–H and O–H groups in total. The van der Waals surface area contributed by atoms with Gasteiger partial charge in [-0.15, -0.1) is 0 Å². The van der Waals surface area contributed by atoms with Crippen LogP contribution in [0.2, 0.25) is 5.02 Å². The number of aromatic amines is 1. The molecule has 0 saturated carbocycles. The van der Waals surface area contributed by atoms with Crippen molar-refractivity contribution in [2.45, 2.75) is 11.3 Å². The van der Waals surface area contributed by atoms with Crippen LogP contribution >= 0.6 is 23.4 Å². The first-order valence-electron chi connectivity index (χ1n) is 10.6. The number of aromatic nitrogens is 3. The fraction of sp³-hybridized carbons (Fsp3) is 0.0800. The Labute approximate surface area is 211 Å². The largest absolute Gasteiger partial charge is 0.416 e. The zero-order valence-corrected chi connectivity index (χ0v) is 19.8. The van der Waals surface area contributed by atoms with E-state index < -0.39 is 17.6 Å². The fourth-order valence-electron chi connectivity index (χ4n) is 3.76. The van der Waals surface area contributed by atoms with Gasteiger partial charge in [-0.05, 0) is 36.4 Å². The zero-order valence-electron chi connectivity index (χ0n) is 18.3. The summed E-state index contributed by atoms with van der Waals surface area (Å²) in [5.41, 5.74) is 0.662. The Balaban J connectivity index is 1.50. The average molecular weight is 529 g/mol. The Morgan fingerprint density at radius 1 is 1.06 bits per heavy atom. The Hall–Kier alpha value is -3.76. The molecule has 0 spiro atoms. The topological polar surface area (TPSA) is 79.8 Å². The van der Waals surface area contributed by atoms with Gasteiger partial charge in [-0.1, -0.05) is 59.8 Å². The highest BCUT2D eigenvalue weighted by atomic mass is 35.5. The van der Waals surface area contributed by atoms with Crippen LogP contribution in [-0.4, -0.2) is 26.2 Å². The van der Waals surface area contributed by atoms with E-state index in [0.29, 0.717) is 16.7 Å². The quantitative estimate of drug-likeness (QED) is 0.208. The van der Waals surface area contributed by atoms with Gasteiger partial charge in [0.05, 0.1) is 27.7 Å². The number of thioether (sulfide) groups is 1. The summed E-state index contributed by atoms with van der Waals surface area (Å²) >= 11 is 6.98. The van der Waals surface area contributed by atoms with Crippen molar-refractivity contribution in [2.24, 2.45) is 0 Å². The number of para-hydroxylation sites is 2. The standard InChI is InChI=1S/C25H16ClF3N4O2S/c26-17-11-10-14(25(27,28)29)12-19(17)30-20(34)13-36-24-32-21-16-8-4-5-9-18(16)31-22(21)23(35)33(24)15-6-2-1-3-7-15/h1-12,31H,13H2,(H,30,34). The van der Waals surface area contributed by atoms with E-state index >= 15 is 0 Å². The summed E-state index contributed by atoms with van der Waals surface area (Å²) in [6.45, 7) is 0. The molecule has 2 aromatic heterocycles. The first kappa shape index (κ1) is 24.0. The monoisotopic (exact) mass is 528 g/mol. The first-order valence-corrected chi connectivity index (χ1v) is 12.0. The molecule has 0 atom stereocenters. The molecule has 0 aliphatic rings. The summed E-state index contributed by atoms with van der Waals surface area (Å²) in [5, 5.41) is 3.40. The Kier molecular flexibility index (Phi) is 6.23. The van der Waals surface area contributed by atoms with E-state index in [0.717, 1.165) is 40.9 Å². The maximum absolute atomic E-state index is 13.5. The molecule has 6 nitrogen and oxygen atoms in total. The van der Waals surface area contributed by atoms with Crippen molar-refractivity contribution in [1.82, 2.24) is 14.5 Å². The van der Waals surface area contributed by atoms with Crippen LogP contribution in [0.4, 0.5) is 18.9 Å². The number of alkyl halides is 3. The van der Waals surface area contributed by atoms with Gasteiger partial charge in [0.2, 0.25) is 5.91 Å². The van der Waals surface area contributed by atoms with Crippen LogP contribution in [0.15, 0.2) is 82.7 Å². The number of fused-ring (bicyclic) bond motifs is 3. The van der Waals surface area contributed by atoms with E-state index in [1.807, 2.05) is 30.3 Å². The summed E-state index contributed by atoms with van der Waals surface area (Å²) in [7, 11) is 0. The summed E-state index contributed by atoms with van der Waals surface area (Å²) in [6.07, 6.45) is -4.58. The van der Waals surface area contributed by atoms with Crippen LogP contribution in [0, 0.1) is 0 Å². The van der Waals surface area contributed by atoms with E-state index in [4.69, 9.17) is 11.6 Å². The van der Waals surface area contributed by atoms with Gasteiger partial charge in [-0.25, -0.2) is 4.98 Å². The van der Waals surface area contributed by atoms with Crippen molar-refractivity contribution in [3.05, 3.63) is 93.7 Å². The Morgan fingerprint density at radius 2 is 1.78 bits per heavy atom. The maximum atomic E-state index is 13.5. The molecule has 5 aromatic rings. The lowest BCUT2D eigenvalue weighted by molar-refractivity contribution is -0.137. The third kappa shape index (κ3) is 4.57. The minimum Gasteiger partial charge on any atom is -0.349 e. The molecular weight excluding hydrogens is 513 g/mol. The smallest absolute Gasteiger partial charge is 0.349 e. The van der Waals surface area contributed by atoms with E-state index in [1.54, 1.807) is 24.3 Å². The minimum absolute atomic E-state index is 0.0270. The highest BCUT2D eigenvalue weighted by Gasteiger charge is 2.31. The lowest BCUT2D eigenvalue weighted by Crippen LogP contribution is -2.23. The molecule has 5 rings (SSSR count). The minimum atomic E-state index is -4.58. The second-order valence-corrected chi connectivity index (χ2v) is 9.14. The lowest BCUT2D eigenvalue weighted by Gasteiger charge is -2.13. The summed E-state index contributed by atoms with van der Waals surface area (Å²) in [4.78, 5) is 33.9. The predicted molar refractivity (Wildman–Crippen MR) is 135 cm³/mol. The molecular formula is C25H16ClF3N4O2S. The van der Waals surface area contributed by atoms with E-state index in [1.165, 1.54) is 4.57 Å². The van der Waals surface area contributed by atoms with Crippen LogP contribution in [0.3, 0.4) is 0 Å². The highest BCUT2D eigenvalue weighted by molar-refractivity contribution is 7.99. The van der Waals surface area contributed by atoms with E-state index in [-0.39, 0.29) is 27.2 Å². The number of H-pyrrole nitrogens is 1. The predicted octanol–water partition coefficient (Wildman–Crippen LogP) is 6.27. The average Bonchev–Trinajstić information content (AvgIpc) is 3.23. The summed E-state index contributed by atoms with van der Waals surface area (Å²) in [5.74, 6) is -0.825. The first-order chi connectivity index (χ1) is 17.2. The van der Waals surface area contributed by atoms with Crippen molar-refractivity contribution in [1.29, 1.82) is 0 Å². The molecule has 0 aliphatic carbocycles. The number of anilines is 1. The number of carbonyl (C=O) groups excluding carboxylic acids is 1. The van der Waals surface area contributed by atoms with Gasteiger partial charge < -0.3 is 10.3 Å². The molecule has 0 radical (unpaired) electrons. The van der Waals surface area contributed by atoms with Gasteiger partial charge in [0.1, 0.15) is 11.0 Å². The molecule has 0 aliphatic heterocycles. The Bertz CT molecular complexity index is 1670. The highest BCUT2D eigenvalue weighted by Crippen LogP contribution is 2.34. The van der Waals surface area contributed by atoms with Gasteiger partial charge in [0.25, 0.3) is 5.56 Å². The van der Waals surface area contributed by atoms with Crippen molar-refractivity contribution in [3.8, 4) is 5.69 Å². The number of amides is 1. The lowest BCUT2D eigenvalue weighted by atomic mass is 10.2. The van der Waals surface area contributed by atoms with Crippen molar-refractivity contribution in [2.75, 3.05) is 11.1 Å². The Morgan fingerprint density at radius 3 is 2.53 bits per heavy atom. The molecule has 182 valence electrons. The van der Waals surface area contributed by atoms with Gasteiger partial charge in [-0.2, -0.15) is 13.2 Å². The van der Waals surface area contributed by atoms with Crippen LogP contribution in [0.5, 0.6) is 0 Å². The number of benzene rings is 3. The normalized spacial score (nSPS) is 11.8. The van der Waals surface area contributed by atoms with Gasteiger partial charge in [-0.3, -0.25) is 14.2 Å². The summed E-state index contributed by atoms with van der Waals surface area (Å²) < 4.78 is 40.6. The molecule has 11 heteroatoms. The second kappa shape index (κ2) is 9.36. The van der Waals surface area contributed by atoms with Gasteiger partial charge in [0, 0.05) is 10.9 Å². The number of halogens is 4. The molecule has 36 heavy (non-hydrogen) atoms. The van der Waals surface area contributed by atoms with Crippen molar-refractivity contribution in [3.63, 3.8) is 0 Å². The third-order valence-corrected chi connectivity index (χ3v) is 6.68. The van der Waals surface area contributed by atoms with Crippen LogP contribution in [-0.2, 0) is 11.0 Å². The maximum Gasteiger partial charge on any atom is 0.416 e. The molecule has 0 unspecified atom stereocenters. The van der Waals surface area contributed by atoms with Gasteiger partial charge in [0.15, 0.2) is 5.16 Å². The molecule has 2 heterocycles. The SMILES string of the molecule is O=C(CSc1nc2c([nH]c3ccccc32)c(=O)n1-c1ccccc1)Nc1cc(C(F)(F)F)ccc1Cl. The molecule has 3 aromatic carbocycles. The number of nitrogens with zero attached hydrogens (tertiary/aromatic N) is 2. The molecule has 0 bridgehead atoms. The van der Waals surface area contributed by atoms with Crippen molar-refractivity contribution >= 4 is 56.9 Å².